The van der Waals surface area contributed by atoms with Crippen molar-refractivity contribution in [2.45, 2.75) is 6.92 Å². The molecule has 2 aromatic carbocycles. The van der Waals surface area contributed by atoms with Gasteiger partial charge in [-0.3, -0.25) is 0 Å². The Morgan fingerprint density at radius 1 is 1.00 bits per heavy atom. The molecule has 0 aliphatic rings. The number of aryl methyl sites for hydroxylation is 1. The molecule has 0 bridgehead atoms. The Bertz CT molecular complexity index is 1040. The van der Waals surface area contributed by atoms with E-state index >= 15 is 0 Å². The zero-order chi connectivity index (χ0) is 16.7. The predicted octanol–water partition coefficient (Wildman–Crippen LogP) is 4.22. The first-order valence-electron chi connectivity index (χ1n) is 7.52. The number of hydrogen-bond donors (Lipinski definition) is 1. The topological polar surface area (TPSA) is 50.4 Å². The van der Waals surface area contributed by atoms with Gasteiger partial charge in [-0.25, -0.2) is 13.9 Å². The van der Waals surface area contributed by atoms with Crippen LogP contribution in [0.25, 0.3) is 28.2 Å². The number of aromatic hydroxyl groups is 1. The minimum absolute atomic E-state index is 0.00344. The lowest BCUT2D eigenvalue weighted by Crippen LogP contribution is -1.96. The summed E-state index contributed by atoms with van der Waals surface area (Å²) in [6, 6.07) is 15.4. The summed E-state index contributed by atoms with van der Waals surface area (Å²) in [5.41, 5.74) is 4.50. The molecule has 2 aromatic heterocycles. The van der Waals surface area contributed by atoms with Crippen molar-refractivity contribution in [2.24, 2.45) is 0 Å². The fraction of sp³-hybridized carbons (Fsp3) is 0.0526. The Hall–Kier alpha value is -3.21. The lowest BCUT2D eigenvalue weighted by Gasteiger charge is -2.06. The van der Waals surface area contributed by atoms with E-state index < -0.39 is 5.82 Å². The van der Waals surface area contributed by atoms with E-state index in [1.54, 1.807) is 16.8 Å². The van der Waals surface area contributed by atoms with Crippen molar-refractivity contribution >= 4 is 5.65 Å². The zero-order valence-corrected chi connectivity index (χ0v) is 12.9. The highest BCUT2D eigenvalue weighted by atomic mass is 19.1. The van der Waals surface area contributed by atoms with Crippen molar-refractivity contribution in [2.75, 3.05) is 0 Å². The van der Waals surface area contributed by atoms with Gasteiger partial charge in [0.05, 0.1) is 11.4 Å². The van der Waals surface area contributed by atoms with E-state index in [0.29, 0.717) is 16.9 Å². The second kappa shape index (κ2) is 5.45. The normalized spacial score (nSPS) is 11.1. The molecule has 0 amide bonds. The van der Waals surface area contributed by atoms with E-state index in [-0.39, 0.29) is 5.75 Å². The molecule has 0 fully saturated rings. The summed E-state index contributed by atoms with van der Waals surface area (Å²) in [6.45, 7) is 2.03. The van der Waals surface area contributed by atoms with Gasteiger partial charge in [0, 0.05) is 23.4 Å². The number of rotatable bonds is 2. The Balaban J connectivity index is 1.92. The Kier molecular flexibility index (Phi) is 3.27. The quantitative estimate of drug-likeness (QED) is 0.602. The minimum atomic E-state index is -0.418. The van der Waals surface area contributed by atoms with E-state index in [9.17, 15) is 9.50 Å². The number of aromatic nitrogens is 3. The van der Waals surface area contributed by atoms with Crippen molar-refractivity contribution in [1.82, 2.24) is 14.6 Å². The van der Waals surface area contributed by atoms with Gasteiger partial charge < -0.3 is 5.11 Å². The van der Waals surface area contributed by atoms with Gasteiger partial charge in [-0.2, -0.15) is 5.10 Å². The van der Waals surface area contributed by atoms with E-state index in [2.05, 4.69) is 10.1 Å². The molecule has 4 nitrogen and oxygen atoms in total. The van der Waals surface area contributed by atoms with E-state index in [1.165, 1.54) is 23.8 Å². The maximum atomic E-state index is 13.6. The first-order chi connectivity index (χ1) is 11.6. The number of halogens is 1. The average molecular weight is 319 g/mol. The molecule has 24 heavy (non-hydrogen) atoms. The van der Waals surface area contributed by atoms with Crippen LogP contribution in [0, 0.1) is 12.7 Å². The maximum Gasteiger partial charge on any atom is 0.156 e. The van der Waals surface area contributed by atoms with Crippen LogP contribution in [0.2, 0.25) is 0 Å². The third-order valence-electron chi connectivity index (χ3n) is 3.94. The first-order valence-corrected chi connectivity index (χ1v) is 7.52. The third-order valence-corrected chi connectivity index (χ3v) is 3.94. The largest absolute Gasteiger partial charge is 0.507 e. The molecule has 4 aromatic rings. The second-order valence-corrected chi connectivity index (χ2v) is 5.66. The minimum Gasteiger partial charge on any atom is -0.507 e. The molecule has 118 valence electrons. The van der Waals surface area contributed by atoms with Crippen molar-refractivity contribution in [3.05, 3.63) is 72.2 Å². The third kappa shape index (κ3) is 2.40. The maximum absolute atomic E-state index is 13.6. The second-order valence-electron chi connectivity index (χ2n) is 5.66. The molecule has 0 aliphatic carbocycles. The molecule has 1 N–H and O–H groups in total. The monoisotopic (exact) mass is 319 g/mol. The number of fused-ring (bicyclic) bond motifs is 1. The van der Waals surface area contributed by atoms with Crippen molar-refractivity contribution < 1.29 is 9.50 Å². The van der Waals surface area contributed by atoms with E-state index in [4.69, 9.17) is 0 Å². The Morgan fingerprint density at radius 2 is 1.79 bits per heavy atom. The van der Waals surface area contributed by atoms with Gasteiger partial charge in [0.1, 0.15) is 11.6 Å². The molecule has 4 rings (SSSR count). The van der Waals surface area contributed by atoms with Gasteiger partial charge >= 0.3 is 0 Å². The van der Waals surface area contributed by atoms with Gasteiger partial charge in [-0.15, -0.1) is 0 Å². The van der Waals surface area contributed by atoms with Crippen LogP contribution in [0.15, 0.2) is 60.8 Å². The molecule has 0 atom stereocenters. The number of phenols is 1. The highest BCUT2D eigenvalue weighted by Gasteiger charge is 2.13. The highest BCUT2D eigenvalue weighted by Crippen LogP contribution is 2.30. The van der Waals surface area contributed by atoms with Gasteiger partial charge in [-0.05, 0) is 31.2 Å². The lowest BCUT2D eigenvalue weighted by molar-refractivity contribution is 0.475. The molecule has 0 saturated heterocycles. The van der Waals surface area contributed by atoms with Gasteiger partial charge in [-0.1, -0.05) is 29.8 Å². The summed E-state index contributed by atoms with van der Waals surface area (Å²) in [6.07, 6.45) is 1.62. The van der Waals surface area contributed by atoms with Crippen LogP contribution in [0.5, 0.6) is 5.75 Å². The predicted molar refractivity (Wildman–Crippen MR) is 90.2 cm³/mol. The first kappa shape index (κ1) is 14.4. The number of nitrogens with zero attached hydrogens (tertiary/aromatic N) is 3. The van der Waals surface area contributed by atoms with Crippen LogP contribution < -0.4 is 0 Å². The van der Waals surface area contributed by atoms with Crippen molar-refractivity contribution in [3.8, 4) is 28.3 Å². The molecule has 0 aliphatic heterocycles. The summed E-state index contributed by atoms with van der Waals surface area (Å²) in [7, 11) is 0. The van der Waals surface area contributed by atoms with Gasteiger partial charge in [0.2, 0.25) is 0 Å². The van der Waals surface area contributed by atoms with Crippen LogP contribution in [-0.2, 0) is 0 Å². The molecule has 0 unspecified atom stereocenters. The standard InChI is InChI=1S/C19H14FN3O/c1-12-2-4-13(5-3-12)16-11-19-21-9-8-17(23(19)22-16)15-10-14(20)6-7-18(15)24/h2-11,24H,1H3. The Labute approximate surface area is 137 Å². The average Bonchev–Trinajstić information content (AvgIpc) is 3.02. The zero-order valence-electron chi connectivity index (χ0n) is 12.9. The van der Waals surface area contributed by atoms with Gasteiger partial charge in [0.15, 0.2) is 5.65 Å². The highest BCUT2D eigenvalue weighted by molar-refractivity contribution is 5.71. The van der Waals surface area contributed by atoms with Crippen LogP contribution in [0.4, 0.5) is 4.39 Å². The molecule has 0 saturated carbocycles. The molecule has 0 radical (unpaired) electrons. The molecular weight excluding hydrogens is 305 g/mol. The van der Waals surface area contributed by atoms with Crippen LogP contribution in [-0.4, -0.2) is 19.7 Å². The van der Waals surface area contributed by atoms with Crippen LogP contribution in [0.1, 0.15) is 5.56 Å². The summed E-state index contributed by atoms with van der Waals surface area (Å²) in [4.78, 5) is 4.31. The number of phenolic OH excluding ortho intramolecular Hbond substituents is 1. The molecule has 5 heteroatoms. The SMILES string of the molecule is Cc1ccc(-c2cc3nccc(-c4cc(F)ccc4O)n3n2)cc1. The summed E-state index contributed by atoms with van der Waals surface area (Å²) >= 11 is 0. The number of benzene rings is 2. The number of hydrogen-bond acceptors (Lipinski definition) is 3. The van der Waals surface area contributed by atoms with Crippen molar-refractivity contribution in [1.29, 1.82) is 0 Å². The van der Waals surface area contributed by atoms with Crippen LogP contribution in [0.3, 0.4) is 0 Å². The molecule has 2 heterocycles. The molecule has 0 spiro atoms. The lowest BCUT2D eigenvalue weighted by atomic mass is 10.1. The summed E-state index contributed by atoms with van der Waals surface area (Å²) < 4.78 is 15.2. The van der Waals surface area contributed by atoms with E-state index in [0.717, 1.165) is 11.3 Å². The van der Waals surface area contributed by atoms with Gasteiger partial charge in [0.25, 0.3) is 0 Å². The Morgan fingerprint density at radius 3 is 2.58 bits per heavy atom. The van der Waals surface area contributed by atoms with E-state index in [1.807, 2.05) is 37.3 Å². The summed E-state index contributed by atoms with van der Waals surface area (Å²) in [5, 5.41) is 14.7. The summed E-state index contributed by atoms with van der Waals surface area (Å²) in [5.74, 6) is -0.421. The fourth-order valence-electron chi connectivity index (χ4n) is 2.68. The fourth-order valence-corrected chi connectivity index (χ4v) is 2.68. The van der Waals surface area contributed by atoms with Crippen LogP contribution >= 0.6 is 0 Å². The molecular formula is C19H14FN3O. The smallest absolute Gasteiger partial charge is 0.156 e. The van der Waals surface area contributed by atoms with Crippen molar-refractivity contribution in [3.63, 3.8) is 0 Å².